The lowest BCUT2D eigenvalue weighted by Gasteiger charge is -2.06. The molecule has 190 valence electrons. The van der Waals surface area contributed by atoms with Gasteiger partial charge >= 0.3 is 6.01 Å². The maximum atomic E-state index is 13.0. The number of hydrogen-bond donors (Lipinski definition) is 0. The Morgan fingerprint density at radius 3 is 2.03 bits per heavy atom. The van der Waals surface area contributed by atoms with Crippen molar-refractivity contribution in [1.29, 1.82) is 0 Å². The molecular formula is C28H45N3O3. The number of ether oxygens (including phenoxy) is 2. The standard InChI is InChI=1S/C28H45N3O3/c1-4-7-8-9-10-11-12-13-14-15-16-17-26(32)31-27(25-20-18-24(5-2)19-21-25)29-28(30-31)34-23-22-33-6-3/h18-21H,4-17,22-23H2,1-3H3. The molecule has 6 heteroatoms. The van der Waals surface area contributed by atoms with Gasteiger partial charge in [0.05, 0.1) is 6.61 Å². The number of benzene rings is 1. The fourth-order valence-corrected chi connectivity index (χ4v) is 3.99. The van der Waals surface area contributed by atoms with E-state index in [0.29, 0.717) is 32.1 Å². The van der Waals surface area contributed by atoms with Gasteiger partial charge in [-0.2, -0.15) is 9.67 Å². The lowest BCUT2D eigenvalue weighted by Crippen LogP contribution is -2.14. The summed E-state index contributed by atoms with van der Waals surface area (Å²) in [6.45, 7) is 7.79. The fourth-order valence-electron chi connectivity index (χ4n) is 3.99. The average molecular weight is 472 g/mol. The van der Waals surface area contributed by atoms with Crippen LogP contribution in [0.1, 0.15) is 108 Å². The van der Waals surface area contributed by atoms with Gasteiger partial charge in [0.2, 0.25) is 5.91 Å². The van der Waals surface area contributed by atoms with Gasteiger partial charge in [0.15, 0.2) is 5.82 Å². The van der Waals surface area contributed by atoms with Crippen molar-refractivity contribution in [3.63, 3.8) is 0 Å². The van der Waals surface area contributed by atoms with Crippen LogP contribution in [0.2, 0.25) is 0 Å². The topological polar surface area (TPSA) is 66.2 Å². The van der Waals surface area contributed by atoms with Gasteiger partial charge in [0.25, 0.3) is 0 Å². The molecule has 0 amide bonds. The zero-order chi connectivity index (χ0) is 24.4. The van der Waals surface area contributed by atoms with Crippen molar-refractivity contribution in [2.75, 3.05) is 19.8 Å². The SMILES string of the molecule is CCCCCCCCCCCCCC(=O)n1nc(OCCOCC)nc1-c1ccc(CC)cc1. The molecule has 34 heavy (non-hydrogen) atoms. The predicted molar refractivity (Wildman–Crippen MR) is 139 cm³/mol. The van der Waals surface area contributed by atoms with Crippen LogP contribution in [0.3, 0.4) is 0 Å². The smallest absolute Gasteiger partial charge is 0.336 e. The fraction of sp³-hybridized carbons (Fsp3) is 0.679. The highest BCUT2D eigenvalue weighted by atomic mass is 16.5. The van der Waals surface area contributed by atoms with E-state index < -0.39 is 0 Å². The number of carbonyl (C=O) groups is 1. The monoisotopic (exact) mass is 471 g/mol. The van der Waals surface area contributed by atoms with Gasteiger partial charge in [0.1, 0.15) is 6.61 Å². The summed E-state index contributed by atoms with van der Waals surface area (Å²) in [5.41, 5.74) is 2.12. The molecule has 0 atom stereocenters. The van der Waals surface area contributed by atoms with E-state index in [1.54, 1.807) is 0 Å². The summed E-state index contributed by atoms with van der Waals surface area (Å²) in [4.78, 5) is 17.5. The number of hydrogen-bond acceptors (Lipinski definition) is 5. The molecule has 1 heterocycles. The van der Waals surface area contributed by atoms with Gasteiger partial charge in [-0.3, -0.25) is 4.79 Å². The van der Waals surface area contributed by atoms with E-state index in [0.717, 1.165) is 24.8 Å². The number of rotatable bonds is 19. The second-order valence-electron chi connectivity index (χ2n) is 8.90. The maximum Gasteiger partial charge on any atom is 0.336 e. The lowest BCUT2D eigenvalue weighted by atomic mass is 10.1. The van der Waals surface area contributed by atoms with Gasteiger partial charge in [-0.1, -0.05) is 102 Å². The Bertz CT molecular complexity index is 802. The highest BCUT2D eigenvalue weighted by molar-refractivity contribution is 5.82. The van der Waals surface area contributed by atoms with Crippen molar-refractivity contribution < 1.29 is 14.3 Å². The third-order valence-corrected chi connectivity index (χ3v) is 6.10. The Morgan fingerprint density at radius 2 is 1.44 bits per heavy atom. The molecule has 0 aliphatic carbocycles. The van der Waals surface area contributed by atoms with Crippen LogP contribution in [0.25, 0.3) is 11.4 Å². The number of nitrogens with zero attached hydrogens (tertiary/aromatic N) is 3. The molecule has 1 aromatic heterocycles. The summed E-state index contributed by atoms with van der Waals surface area (Å²) >= 11 is 0. The number of aromatic nitrogens is 3. The second kappa shape index (κ2) is 17.3. The van der Waals surface area contributed by atoms with Crippen LogP contribution in [0.15, 0.2) is 24.3 Å². The van der Waals surface area contributed by atoms with Gasteiger partial charge < -0.3 is 9.47 Å². The molecule has 0 radical (unpaired) electrons. The van der Waals surface area contributed by atoms with Crippen molar-refractivity contribution in [2.45, 2.75) is 104 Å². The first-order valence-electron chi connectivity index (χ1n) is 13.5. The van der Waals surface area contributed by atoms with Crippen molar-refractivity contribution in [1.82, 2.24) is 14.8 Å². The first kappa shape index (κ1) is 28.0. The van der Waals surface area contributed by atoms with Crippen LogP contribution in [0.5, 0.6) is 6.01 Å². The van der Waals surface area contributed by atoms with Crippen molar-refractivity contribution in [3.8, 4) is 17.4 Å². The number of aryl methyl sites for hydroxylation is 1. The van der Waals surface area contributed by atoms with Crippen LogP contribution in [0.4, 0.5) is 0 Å². The minimum Gasteiger partial charge on any atom is -0.460 e. The van der Waals surface area contributed by atoms with Crippen LogP contribution < -0.4 is 4.74 Å². The Labute approximate surface area is 206 Å². The lowest BCUT2D eigenvalue weighted by molar-refractivity contribution is 0.0878. The first-order chi connectivity index (χ1) is 16.7. The van der Waals surface area contributed by atoms with Crippen LogP contribution in [-0.2, 0) is 11.2 Å². The molecule has 2 aromatic rings. The normalized spacial score (nSPS) is 11.1. The molecule has 0 saturated carbocycles. The predicted octanol–water partition coefficient (Wildman–Crippen LogP) is 7.26. The molecule has 0 fully saturated rings. The van der Waals surface area contributed by atoms with E-state index in [4.69, 9.17) is 9.47 Å². The Kier molecular flexibility index (Phi) is 14.2. The third-order valence-electron chi connectivity index (χ3n) is 6.10. The number of carbonyl (C=O) groups excluding carboxylic acids is 1. The molecule has 0 aliphatic rings. The molecule has 0 aliphatic heterocycles. The summed E-state index contributed by atoms with van der Waals surface area (Å²) < 4.78 is 12.4. The molecule has 0 bridgehead atoms. The second-order valence-corrected chi connectivity index (χ2v) is 8.90. The Balaban J connectivity index is 1.83. The maximum absolute atomic E-state index is 13.0. The van der Waals surface area contributed by atoms with E-state index in [1.165, 1.54) is 68.0 Å². The molecule has 2 rings (SSSR count). The summed E-state index contributed by atoms with van der Waals surface area (Å²) in [7, 11) is 0. The summed E-state index contributed by atoms with van der Waals surface area (Å²) in [6.07, 6.45) is 15.3. The molecule has 0 N–H and O–H groups in total. The molecule has 1 aromatic carbocycles. The van der Waals surface area contributed by atoms with Crippen molar-refractivity contribution in [3.05, 3.63) is 29.8 Å². The van der Waals surface area contributed by atoms with Gasteiger partial charge in [0, 0.05) is 18.6 Å². The average Bonchev–Trinajstić information content (AvgIpc) is 3.29. The van der Waals surface area contributed by atoms with E-state index in [1.807, 2.05) is 19.1 Å². The van der Waals surface area contributed by atoms with Crippen LogP contribution in [0, 0.1) is 0 Å². The summed E-state index contributed by atoms with van der Waals surface area (Å²) in [5, 5.41) is 4.37. The van der Waals surface area contributed by atoms with Crippen LogP contribution in [-0.4, -0.2) is 40.5 Å². The molecule has 0 unspecified atom stereocenters. The summed E-state index contributed by atoms with van der Waals surface area (Å²) in [6, 6.07) is 8.36. The molecule has 0 saturated heterocycles. The first-order valence-corrected chi connectivity index (χ1v) is 13.5. The zero-order valence-electron chi connectivity index (χ0n) is 21.7. The van der Waals surface area contributed by atoms with Gasteiger partial charge in [-0.05, 0) is 25.3 Å². The summed E-state index contributed by atoms with van der Waals surface area (Å²) in [5.74, 6) is 0.514. The zero-order valence-corrected chi connectivity index (χ0v) is 21.7. The quantitative estimate of drug-likeness (QED) is 0.202. The van der Waals surface area contributed by atoms with Gasteiger partial charge in [-0.15, -0.1) is 5.10 Å². The van der Waals surface area contributed by atoms with Crippen LogP contribution >= 0.6 is 0 Å². The molecular weight excluding hydrogens is 426 g/mol. The largest absolute Gasteiger partial charge is 0.460 e. The number of unbranched alkanes of at least 4 members (excludes halogenated alkanes) is 10. The third kappa shape index (κ3) is 10.4. The highest BCUT2D eigenvalue weighted by Gasteiger charge is 2.18. The van der Waals surface area contributed by atoms with E-state index >= 15 is 0 Å². The minimum absolute atomic E-state index is 0.0300. The molecule has 6 nitrogen and oxygen atoms in total. The minimum atomic E-state index is -0.0300. The van der Waals surface area contributed by atoms with E-state index in [2.05, 4.69) is 36.1 Å². The van der Waals surface area contributed by atoms with Crippen molar-refractivity contribution in [2.24, 2.45) is 0 Å². The molecule has 0 spiro atoms. The Morgan fingerprint density at radius 1 is 0.824 bits per heavy atom. The van der Waals surface area contributed by atoms with Gasteiger partial charge in [-0.25, -0.2) is 0 Å². The Hall–Kier alpha value is -2.21. The van der Waals surface area contributed by atoms with E-state index in [-0.39, 0.29) is 11.9 Å². The van der Waals surface area contributed by atoms with Crippen molar-refractivity contribution >= 4 is 5.91 Å². The highest BCUT2D eigenvalue weighted by Crippen LogP contribution is 2.22. The van der Waals surface area contributed by atoms with E-state index in [9.17, 15) is 4.79 Å².